The maximum absolute atomic E-state index is 13.0. The molecule has 7 nitrogen and oxygen atoms in total. The minimum absolute atomic E-state index is 0.0726. The lowest BCUT2D eigenvalue weighted by atomic mass is 10.1. The fraction of sp³-hybridized carbons (Fsp3) is 0.318. The topological polar surface area (TPSA) is 87.3 Å². The predicted octanol–water partition coefficient (Wildman–Crippen LogP) is 3.72. The lowest BCUT2D eigenvalue weighted by molar-refractivity contribution is -0.125. The van der Waals surface area contributed by atoms with Gasteiger partial charge in [0.15, 0.2) is 0 Å². The molecule has 31 heavy (non-hydrogen) atoms. The van der Waals surface area contributed by atoms with Crippen LogP contribution in [-0.2, 0) is 9.53 Å². The van der Waals surface area contributed by atoms with Crippen LogP contribution in [0.2, 0.25) is 5.02 Å². The van der Waals surface area contributed by atoms with Gasteiger partial charge in [0.05, 0.1) is 23.7 Å². The molecule has 1 aromatic heterocycles. The number of nitrogens with zero attached hydrogens (tertiary/aromatic N) is 2. The van der Waals surface area contributed by atoms with Crippen LogP contribution in [0.15, 0.2) is 36.4 Å². The van der Waals surface area contributed by atoms with E-state index in [2.05, 4.69) is 15.3 Å². The summed E-state index contributed by atoms with van der Waals surface area (Å²) in [5, 5.41) is 3.69. The Labute approximate surface area is 189 Å². The Morgan fingerprint density at radius 2 is 2.19 bits per heavy atom. The van der Waals surface area contributed by atoms with Gasteiger partial charge in [0.25, 0.3) is 11.8 Å². The van der Waals surface area contributed by atoms with Gasteiger partial charge in [0.1, 0.15) is 12.4 Å². The number of hydrogen-bond acceptors (Lipinski definition) is 5. The number of H-pyrrole nitrogens is 1. The first kappa shape index (κ1) is 21.7. The Morgan fingerprint density at radius 3 is 2.94 bits per heavy atom. The molecule has 0 aliphatic carbocycles. The molecular weight excluding hydrogens is 436 g/mol. The van der Waals surface area contributed by atoms with Crippen LogP contribution in [0.4, 0.5) is 5.69 Å². The lowest BCUT2D eigenvalue weighted by Crippen LogP contribution is -2.42. The molecule has 0 spiro atoms. The van der Waals surface area contributed by atoms with E-state index in [0.717, 1.165) is 22.3 Å². The van der Waals surface area contributed by atoms with Crippen LogP contribution in [0.3, 0.4) is 0 Å². The van der Waals surface area contributed by atoms with Crippen molar-refractivity contribution >= 4 is 51.9 Å². The van der Waals surface area contributed by atoms with Crippen molar-refractivity contribution in [3.8, 4) is 0 Å². The fourth-order valence-corrected chi connectivity index (χ4v) is 4.37. The summed E-state index contributed by atoms with van der Waals surface area (Å²) in [5.74, 6) is 1.09. The molecule has 2 heterocycles. The number of aromatic nitrogens is 2. The number of amides is 2. The molecule has 1 fully saturated rings. The number of aryl methyl sites for hydroxylation is 1. The Kier molecular flexibility index (Phi) is 6.50. The third kappa shape index (κ3) is 4.71. The van der Waals surface area contributed by atoms with E-state index in [9.17, 15) is 9.59 Å². The van der Waals surface area contributed by atoms with Crippen LogP contribution < -0.4 is 10.2 Å². The smallest absolute Gasteiger partial charge is 0.253 e. The van der Waals surface area contributed by atoms with Crippen LogP contribution >= 0.6 is 23.4 Å². The second-order valence-electron chi connectivity index (χ2n) is 7.36. The number of carbonyl (C=O) groups excluding carboxylic acids is 2. The molecule has 4 rings (SSSR count). The SMILES string of the molecule is CSC[C@H](NC(=O)c1ccc(N2CCOCC2=O)c(C)c1)c1nc2cc(Cl)ccc2[nH]1. The first-order chi connectivity index (χ1) is 15.0. The normalized spacial score (nSPS) is 15.3. The summed E-state index contributed by atoms with van der Waals surface area (Å²) in [6, 6.07) is 10.6. The van der Waals surface area contributed by atoms with Gasteiger partial charge in [-0.25, -0.2) is 4.98 Å². The van der Waals surface area contributed by atoms with E-state index in [1.807, 2.05) is 31.4 Å². The second-order valence-corrected chi connectivity index (χ2v) is 8.71. The van der Waals surface area contributed by atoms with Gasteiger partial charge in [-0.15, -0.1) is 0 Å². The van der Waals surface area contributed by atoms with Gasteiger partial charge < -0.3 is 19.9 Å². The number of fused-ring (bicyclic) bond motifs is 1. The van der Waals surface area contributed by atoms with Gasteiger partial charge in [-0.2, -0.15) is 11.8 Å². The number of morpholine rings is 1. The molecule has 1 atom stereocenters. The molecule has 0 radical (unpaired) electrons. The molecule has 2 amide bonds. The summed E-state index contributed by atoms with van der Waals surface area (Å²) in [6.07, 6.45) is 1.98. The van der Waals surface area contributed by atoms with Crippen LogP contribution in [0, 0.1) is 6.92 Å². The highest BCUT2D eigenvalue weighted by Gasteiger charge is 2.23. The van der Waals surface area contributed by atoms with E-state index in [0.29, 0.717) is 35.3 Å². The van der Waals surface area contributed by atoms with Crippen LogP contribution in [0.1, 0.15) is 27.8 Å². The highest BCUT2D eigenvalue weighted by molar-refractivity contribution is 7.98. The number of anilines is 1. The first-order valence-corrected chi connectivity index (χ1v) is 11.7. The zero-order valence-corrected chi connectivity index (χ0v) is 18.8. The molecule has 162 valence electrons. The third-order valence-corrected chi connectivity index (χ3v) is 6.07. The van der Waals surface area contributed by atoms with Gasteiger partial charge in [0.2, 0.25) is 0 Å². The van der Waals surface area contributed by atoms with Crippen LogP contribution in [0.5, 0.6) is 0 Å². The molecule has 2 N–H and O–H groups in total. The summed E-state index contributed by atoms with van der Waals surface area (Å²) < 4.78 is 5.20. The largest absolute Gasteiger partial charge is 0.370 e. The summed E-state index contributed by atoms with van der Waals surface area (Å²) >= 11 is 7.69. The molecule has 0 unspecified atom stereocenters. The van der Waals surface area contributed by atoms with Crippen LogP contribution in [0.25, 0.3) is 11.0 Å². The van der Waals surface area contributed by atoms with Crippen molar-refractivity contribution in [2.75, 3.05) is 36.7 Å². The Morgan fingerprint density at radius 1 is 1.35 bits per heavy atom. The van der Waals surface area contributed by atoms with E-state index < -0.39 is 0 Å². The number of halogens is 1. The Balaban J connectivity index is 1.54. The third-order valence-electron chi connectivity index (χ3n) is 5.17. The summed E-state index contributed by atoms with van der Waals surface area (Å²) in [5.41, 5.74) is 3.84. The van der Waals surface area contributed by atoms with Crippen molar-refractivity contribution in [1.29, 1.82) is 0 Å². The predicted molar refractivity (Wildman–Crippen MR) is 124 cm³/mol. The molecule has 0 bridgehead atoms. The zero-order chi connectivity index (χ0) is 22.0. The van der Waals surface area contributed by atoms with Crippen LogP contribution in [-0.4, -0.2) is 53.5 Å². The van der Waals surface area contributed by atoms with Gasteiger partial charge in [0, 0.05) is 28.6 Å². The number of imidazole rings is 1. The summed E-state index contributed by atoms with van der Waals surface area (Å²) in [6.45, 7) is 3.00. The quantitative estimate of drug-likeness (QED) is 0.587. The molecule has 0 saturated carbocycles. The highest BCUT2D eigenvalue weighted by atomic mass is 35.5. The molecule has 2 aromatic carbocycles. The lowest BCUT2D eigenvalue weighted by Gasteiger charge is -2.28. The number of thioether (sulfide) groups is 1. The minimum atomic E-state index is -0.283. The second kappa shape index (κ2) is 9.30. The van der Waals surface area contributed by atoms with Crippen molar-refractivity contribution in [1.82, 2.24) is 15.3 Å². The van der Waals surface area contributed by atoms with E-state index in [1.165, 1.54) is 0 Å². The number of nitrogens with one attached hydrogen (secondary N) is 2. The number of rotatable bonds is 6. The molecule has 3 aromatic rings. The van der Waals surface area contributed by atoms with Gasteiger partial charge in [-0.1, -0.05) is 11.6 Å². The Hall–Kier alpha value is -2.55. The zero-order valence-electron chi connectivity index (χ0n) is 17.3. The van der Waals surface area contributed by atoms with Gasteiger partial charge >= 0.3 is 0 Å². The monoisotopic (exact) mass is 458 g/mol. The molecule has 1 aliphatic heterocycles. The van der Waals surface area contributed by atoms with E-state index in [-0.39, 0.29) is 24.5 Å². The fourth-order valence-electron chi connectivity index (χ4n) is 3.63. The summed E-state index contributed by atoms with van der Waals surface area (Å²) in [7, 11) is 0. The van der Waals surface area contributed by atoms with Crippen molar-refractivity contribution in [3.05, 3.63) is 58.4 Å². The molecule has 1 saturated heterocycles. The molecule has 1 aliphatic rings. The van der Waals surface area contributed by atoms with E-state index >= 15 is 0 Å². The Bertz CT molecular complexity index is 1130. The van der Waals surface area contributed by atoms with Crippen molar-refractivity contribution in [3.63, 3.8) is 0 Å². The maximum Gasteiger partial charge on any atom is 0.253 e. The molecular formula is C22H23ClN4O3S. The number of aromatic amines is 1. The average Bonchev–Trinajstić information content (AvgIpc) is 3.17. The minimum Gasteiger partial charge on any atom is -0.370 e. The van der Waals surface area contributed by atoms with Gasteiger partial charge in [-0.3, -0.25) is 9.59 Å². The maximum atomic E-state index is 13.0. The van der Waals surface area contributed by atoms with E-state index in [1.54, 1.807) is 34.9 Å². The standard InChI is InChI=1S/C22H23ClN4O3S/c1-13-9-14(3-6-19(13)27-7-8-30-11-20(27)28)22(29)26-18(12-31-2)21-24-16-5-4-15(23)10-17(16)25-21/h3-6,9-10,18H,7-8,11-12H2,1-2H3,(H,24,25)(H,26,29)/t18-/m0/s1. The van der Waals surface area contributed by atoms with Crippen molar-refractivity contribution in [2.45, 2.75) is 13.0 Å². The number of ether oxygens (including phenoxy) is 1. The summed E-state index contributed by atoms with van der Waals surface area (Å²) in [4.78, 5) is 34.7. The van der Waals surface area contributed by atoms with Gasteiger partial charge in [-0.05, 0) is 55.1 Å². The highest BCUT2D eigenvalue weighted by Crippen LogP contribution is 2.25. The first-order valence-electron chi connectivity index (χ1n) is 9.90. The number of carbonyl (C=O) groups is 2. The van der Waals surface area contributed by atoms with Crippen molar-refractivity contribution in [2.24, 2.45) is 0 Å². The average molecular weight is 459 g/mol. The number of hydrogen-bond donors (Lipinski definition) is 2. The van der Waals surface area contributed by atoms with E-state index in [4.69, 9.17) is 16.3 Å². The molecule has 9 heteroatoms. The number of benzene rings is 2. The van der Waals surface area contributed by atoms with Crippen molar-refractivity contribution < 1.29 is 14.3 Å².